The molecular formula is C52H44N2S. The zero-order chi connectivity index (χ0) is 36.3. The maximum atomic E-state index is 2.49. The Morgan fingerprint density at radius 3 is 1.49 bits per heavy atom. The van der Waals surface area contributed by atoms with Crippen LogP contribution in [0.3, 0.4) is 0 Å². The first-order chi connectivity index (χ1) is 27.2. The van der Waals surface area contributed by atoms with Gasteiger partial charge in [-0.1, -0.05) is 109 Å². The molecule has 0 N–H and O–H groups in total. The van der Waals surface area contributed by atoms with Gasteiger partial charge in [-0.05, 0) is 145 Å². The number of thiophene rings is 1. The van der Waals surface area contributed by atoms with E-state index in [-0.39, 0.29) is 0 Å². The van der Waals surface area contributed by atoms with Crippen LogP contribution in [-0.4, -0.2) is 0 Å². The van der Waals surface area contributed by atoms with Crippen LogP contribution in [0.2, 0.25) is 0 Å². The van der Waals surface area contributed by atoms with Gasteiger partial charge in [-0.3, -0.25) is 0 Å². The van der Waals surface area contributed by atoms with E-state index in [0.717, 1.165) is 29.1 Å². The fourth-order valence-electron chi connectivity index (χ4n) is 11.0. The van der Waals surface area contributed by atoms with Crippen LogP contribution in [0, 0.1) is 17.8 Å². The van der Waals surface area contributed by atoms with Crippen molar-refractivity contribution in [3.8, 4) is 11.1 Å². The van der Waals surface area contributed by atoms with Gasteiger partial charge < -0.3 is 9.80 Å². The molecular weight excluding hydrogens is 685 g/mol. The lowest BCUT2D eigenvalue weighted by Gasteiger charge is -2.57. The third kappa shape index (κ3) is 5.67. The molecule has 55 heavy (non-hydrogen) atoms. The van der Waals surface area contributed by atoms with E-state index in [4.69, 9.17) is 0 Å². The predicted octanol–water partition coefficient (Wildman–Crippen LogP) is 15.1. The van der Waals surface area contributed by atoms with Gasteiger partial charge >= 0.3 is 0 Å². The van der Waals surface area contributed by atoms with E-state index >= 15 is 0 Å². The van der Waals surface area contributed by atoms with Crippen LogP contribution in [0.25, 0.3) is 31.3 Å². The maximum Gasteiger partial charge on any atom is 0.0640 e. The molecule has 2 nitrogen and oxygen atoms in total. The first kappa shape index (κ1) is 32.8. The van der Waals surface area contributed by atoms with E-state index in [2.05, 4.69) is 186 Å². The van der Waals surface area contributed by atoms with Crippen LogP contribution < -0.4 is 9.80 Å². The van der Waals surface area contributed by atoms with Gasteiger partial charge in [0.1, 0.15) is 0 Å². The van der Waals surface area contributed by atoms with E-state index < -0.39 is 0 Å². The first-order valence-electron chi connectivity index (χ1n) is 20.1. The summed E-state index contributed by atoms with van der Waals surface area (Å²) in [5, 5.41) is 2.58. The number of anilines is 6. The van der Waals surface area contributed by atoms with Gasteiger partial charge in [0.2, 0.25) is 0 Å². The normalized spacial score (nSPS) is 21.3. The van der Waals surface area contributed by atoms with Gasteiger partial charge in [0, 0.05) is 38.2 Å². The second-order valence-corrected chi connectivity index (χ2v) is 17.5. The van der Waals surface area contributed by atoms with Crippen LogP contribution in [0.5, 0.6) is 0 Å². The second-order valence-electron chi connectivity index (χ2n) is 16.4. The standard InChI is InChI=1S/C52H44N2S/c1-4-12-39(13-5-1)40-22-26-44(27-23-40)54(43-16-8-3-9-17-43)48-20-10-18-46-50-47(19-11-21-49(50)55-51(46)48)53(42-14-6-2-7-15-42)45-28-24-41(25-29-45)52-33-36-30-37(34-52)32-38(31-36)35-52/h1-29,36-38H,30-35H2. The number of fused-ring (bicyclic) bond motifs is 3. The van der Waals surface area contributed by atoms with E-state index in [1.807, 2.05) is 11.3 Å². The average molecular weight is 729 g/mol. The molecule has 3 heteroatoms. The predicted molar refractivity (Wildman–Crippen MR) is 234 cm³/mol. The van der Waals surface area contributed by atoms with Crippen LogP contribution in [0.4, 0.5) is 34.1 Å². The molecule has 1 heterocycles. The van der Waals surface area contributed by atoms with Crippen molar-refractivity contribution >= 4 is 65.6 Å². The summed E-state index contributed by atoms with van der Waals surface area (Å²) in [5.41, 5.74) is 11.5. The highest BCUT2D eigenvalue weighted by atomic mass is 32.1. The Labute approximate surface area is 328 Å². The molecule has 7 aromatic carbocycles. The lowest BCUT2D eigenvalue weighted by Crippen LogP contribution is -2.48. The Hall–Kier alpha value is -5.64. The Morgan fingerprint density at radius 2 is 0.891 bits per heavy atom. The number of rotatable bonds is 8. The minimum atomic E-state index is 0.386. The number of para-hydroxylation sites is 2. The van der Waals surface area contributed by atoms with Gasteiger partial charge in [-0.2, -0.15) is 0 Å². The molecule has 1 aromatic heterocycles. The van der Waals surface area contributed by atoms with Crippen molar-refractivity contribution in [2.24, 2.45) is 17.8 Å². The van der Waals surface area contributed by atoms with Crippen molar-refractivity contribution < 1.29 is 0 Å². The number of hydrogen-bond acceptors (Lipinski definition) is 3. The fourth-order valence-corrected chi connectivity index (χ4v) is 12.3. The lowest BCUT2D eigenvalue weighted by atomic mass is 9.48. The summed E-state index contributed by atoms with van der Waals surface area (Å²) in [6.07, 6.45) is 8.59. The van der Waals surface area contributed by atoms with Crippen molar-refractivity contribution in [2.75, 3.05) is 9.80 Å². The van der Waals surface area contributed by atoms with Crippen molar-refractivity contribution in [3.05, 3.63) is 181 Å². The zero-order valence-corrected chi connectivity index (χ0v) is 31.8. The second kappa shape index (κ2) is 13.3. The SMILES string of the molecule is c1ccc(-c2ccc(N(c3ccccc3)c3cccc4c3sc3cccc(N(c5ccccc5)c5ccc(C67CC8CC(CC(C8)C6)C7)cc5)c34)cc2)cc1. The Morgan fingerprint density at radius 1 is 0.418 bits per heavy atom. The van der Waals surface area contributed by atoms with Crippen LogP contribution >= 0.6 is 11.3 Å². The van der Waals surface area contributed by atoms with Crippen LogP contribution in [-0.2, 0) is 5.41 Å². The zero-order valence-electron chi connectivity index (χ0n) is 31.0. The molecule has 268 valence electrons. The molecule has 4 aliphatic rings. The smallest absolute Gasteiger partial charge is 0.0640 e. The number of benzene rings is 7. The Bertz CT molecular complexity index is 2570. The molecule has 0 unspecified atom stereocenters. The maximum absolute atomic E-state index is 2.49. The van der Waals surface area contributed by atoms with E-state index in [0.29, 0.717) is 5.41 Å². The van der Waals surface area contributed by atoms with Gasteiger partial charge in [0.25, 0.3) is 0 Å². The molecule has 4 fully saturated rings. The minimum Gasteiger partial charge on any atom is -0.310 e. The molecule has 0 atom stereocenters. The fraction of sp³-hybridized carbons (Fsp3) is 0.192. The average Bonchev–Trinajstić information content (AvgIpc) is 3.63. The summed E-state index contributed by atoms with van der Waals surface area (Å²) < 4.78 is 2.57. The largest absolute Gasteiger partial charge is 0.310 e. The molecule has 0 saturated heterocycles. The Kier molecular flexibility index (Phi) is 7.91. The molecule has 4 bridgehead atoms. The summed E-state index contributed by atoms with van der Waals surface area (Å²) in [7, 11) is 0. The molecule has 4 saturated carbocycles. The van der Waals surface area contributed by atoms with Crippen molar-refractivity contribution in [1.29, 1.82) is 0 Å². The molecule has 12 rings (SSSR count). The Balaban J connectivity index is 1.04. The first-order valence-corrected chi connectivity index (χ1v) is 20.9. The molecule has 0 aliphatic heterocycles. The highest BCUT2D eigenvalue weighted by molar-refractivity contribution is 7.26. The summed E-state index contributed by atoms with van der Waals surface area (Å²) in [4.78, 5) is 4.91. The summed E-state index contributed by atoms with van der Waals surface area (Å²) >= 11 is 1.89. The van der Waals surface area contributed by atoms with Gasteiger partial charge in [0.15, 0.2) is 0 Å². The molecule has 0 spiro atoms. The van der Waals surface area contributed by atoms with Crippen molar-refractivity contribution in [2.45, 2.75) is 43.9 Å². The molecule has 4 aliphatic carbocycles. The third-order valence-electron chi connectivity index (χ3n) is 13.0. The van der Waals surface area contributed by atoms with Crippen LogP contribution in [0.1, 0.15) is 44.1 Å². The highest BCUT2D eigenvalue weighted by Gasteiger charge is 2.51. The number of hydrogen-bond donors (Lipinski definition) is 0. The van der Waals surface area contributed by atoms with Gasteiger partial charge in [-0.15, -0.1) is 11.3 Å². The molecule has 0 radical (unpaired) electrons. The van der Waals surface area contributed by atoms with Gasteiger partial charge in [0.05, 0.1) is 16.1 Å². The monoisotopic (exact) mass is 728 g/mol. The van der Waals surface area contributed by atoms with E-state index in [1.165, 1.54) is 92.6 Å². The molecule has 8 aromatic rings. The summed E-state index contributed by atoms with van der Waals surface area (Å²) in [6, 6.07) is 64.9. The lowest BCUT2D eigenvalue weighted by molar-refractivity contribution is -0.00518. The quantitative estimate of drug-likeness (QED) is 0.154. The van der Waals surface area contributed by atoms with Crippen LogP contribution in [0.15, 0.2) is 176 Å². The van der Waals surface area contributed by atoms with Crippen molar-refractivity contribution in [1.82, 2.24) is 0 Å². The third-order valence-corrected chi connectivity index (χ3v) is 14.2. The highest BCUT2D eigenvalue weighted by Crippen LogP contribution is 2.61. The topological polar surface area (TPSA) is 6.48 Å². The van der Waals surface area contributed by atoms with Crippen molar-refractivity contribution in [3.63, 3.8) is 0 Å². The summed E-state index contributed by atoms with van der Waals surface area (Å²) in [6.45, 7) is 0. The van der Waals surface area contributed by atoms with E-state index in [1.54, 1.807) is 5.56 Å². The van der Waals surface area contributed by atoms with Gasteiger partial charge in [-0.25, -0.2) is 0 Å². The molecule has 0 amide bonds. The summed E-state index contributed by atoms with van der Waals surface area (Å²) in [5.74, 6) is 2.81. The number of nitrogens with zero attached hydrogens (tertiary/aromatic N) is 2. The minimum absolute atomic E-state index is 0.386. The van der Waals surface area contributed by atoms with E-state index in [9.17, 15) is 0 Å².